The molecule has 1 unspecified atom stereocenters. The fourth-order valence-electron chi connectivity index (χ4n) is 2.82. The highest BCUT2D eigenvalue weighted by Gasteiger charge is 2.32. The Morgan fingerprint density at radius 3 is 2.68 bits per heavy atom. The lowest BCUT2D eigenvalue weighted by molar-refractivity contribution is -0.153. The van der Waals surface area contributed by atoms with Gasteiger partial charge < -0.3 is 19.7 Å². The summed E-state index contributed by atoms with van der Waals surface area (Å²) in [4.78, 5) is 17.9. The molecule has 1 aromatic rings. The maximum Gasteiger partial charge on any atom is 0.416 e. The number of carbonyl (C=O) groups excluding carboxylic acids is 1. The summed E-state index contributed by atoms with van der Waals surface area (Å²) < 4.78 is 49.8. The second-order valence-corrected chi connectivity index (χ2v) is 7.42. The lowest BCUT2D eigenvalue weighted by atomic mass is 10.0. The van der Waals surface area contributed by atoms with E-state index in [0.29, 0.717) is 31.2 Å². The molecule has 1 aliphatic rings. The minimum absolute atomic E-state index is 0.0600. The third-order valence-electron chi connectivity index (χ3n) is 3.97. The van der Waals surface area contributed by atoms with Crippen LogP contribution in [0.1, 0.15) is 38.0 Å². The number of nitrogens with one attached hydrogen (secondary N) is 1. The van der Waals surface area contributed by atoms with Crippen molar-refractivity contribution >= 4 is 11.9 Å². The van der Waals surface area contributed by atoms with Crippen molar-refractivity contribution in [1.82, 2.24) is 10.2 Å². The van der Waals surface area contributed by atoms with Crippen molar-refractivity contribution in [3.8, 4) is 0 Å². The first-order valence-electron chi connectivity index (χ1n) is 8.96. The van der Waals surface area contributed by atoms with Crippen LogP contribution in [-0.4, -0.2) is 55.7 Å². The fraction of sp³-hybridized carbons (Fsp3) is 0.579. The molecule has 2 rings (SSSR count). The average Bonchev–Trinajstić information content (AvgIpc) is 2.60. The molecule has 1 saturated heterocycles. The summed E-state index contributed by atoms with van der Waals surface area (Å²) in [6, 6.07) is 5.12. The summed E-state index contributed by atoms with van der Waals surface area (Å²) in [5.41, 5.74) is -0.851. The third kappa shape index (κ3) is 6.40. The van der Waals surface area contributed by atoms with Crippen LogP contribution in [0.2, 0.25) is 0 Å². The number of halogens is 3. The Labute approximate surface area is 162 Å². The molecular weight excluding hydrogens is 375 g/mol. The summed E-state index contributed by atoms with van der Waals surface area (Å²) in [6.07, 6.45) is -4.94. The molecule has 0 spiro atoms. The van der Waals surface area contributed by atoms with Crippen molar-refractivity contribution in [2.75, 3.05) is 33.3 Å². The highest BCUT2D eigenvalue weighted by atomic mass is 19.4. The van der Waals surface area contributed by atoms with Crippen molar-refractivity contribution < 1.29 is 27.4 Å². The summed E-state index contributed by atoms with van der Waals surface area (Å²) in [5.74, 6) is 0.0440. The Bertz CT molecular complexity index is 714. The molecule has 0 aromatic heterocycles. The number of morpholine rings is 1. The first-order valence-corrected chi connectivity index (χ1v) is 8.96. The molecule has 1 heterocycles. The van der Waals surface area contributed by atoms with Gasteiger partial charge in [-0.2, -0.15) is 13.2 Å². The normalized spacial score (nSPS) is 18.8. The smallest absolute Gasteiger partial charge is 0.416 e. The van der Waals surface area contributed by atoms with Gasteiger partial charge in [-0.05, 0) is 38.5 Å². The first-order chi connectivity index (χ1) is 13.0. The van der Waals surface area contributed by atoms with Gasteiger partial charge in [0.25, 0.3) is 0 Å². The van der Waals surface area contributed by atoms with E-state index < -0.39 is 29.4 Å². The molecule has 0 radical (unpaired) electrons. The molecule has 0 aliphatic carbocycles. The number of guanidine groups is 1. The van der Waals surface area contributed by atoms with Gasteiger partial charge in [0.05, 0.1) is 18.7 Å². The zero-order chi connectivity index (χ0) is 20.9. The van der Waals surface area contributed by atoms with Crippen LogP contribution in [-0.2, 0) is 20.4 Å². The molecule has 28 heavy (non-hydrogen) atoms. The molecule has 0 bridgehead atoms. The fourth-order valence-corrected chi connectivity index (χ4v) is 2.82. The Balaban J connectivity index is 2.02. The average molecular weight is 401 g/mol. The zero-order valence-corrected chi connectivity index (χ0v) is 16.5. The van der Waals surface area contributed by atoms with Crippen LogP contribution in [0.15, 0.2) is 29.3 Å². The third-order valence-corrected chi connectivity index (χ3v) is 3.97. The van der Waals surface area contributed by atoms with E-state index in [-0.39, 0.29) is 6.54 Å². The van der Waals surface area contributed by atoms with Crippen LogP contribution in [0.3, 0.4) is 0 Å². The summed E-state index contributed by atoms with van der Waals surface area (Å²) in [7, 11) is 1.58. The number of benzene rings is 1. The summed E-state index contributed by atoms with van der Waals surface area (Å²) in [5, 5.41) is 2.93. The van der Waals surface area contributed by atoms with Crippen LogP contribution < -0.4 is 5.32 Å². The van der Waals surface area contributed by atoms with Crippen molar-refractivity contribution in [2.45, 2.75) is 38.7 Å². The van der Waals surface area contributed by atoms with Gasteiger partial charge in [-0.15, -0.1) is 0 Å². The van der Waals surface area contributed by atoms with Crippen LogP contribution in [0.5, 0.6) is 0 Å². The highest BCUT2D eigenvalue weighted by Crippen LogP contribution is 2.32. The molecule has 6 nitrogen and oxygen atoms in total. The number of rotatable bonds is 3. The number of ether oxygens (including phenoxy) is 2. The second-order valence-electron chi connectivity index (χ2n) is 7.42. The molecule has 156 valence electrons. The van der Waals surface area contributed by atoms with Crippen molar-refractivity contribution in [3.05, 3.63) is 35.4 Å². The molecule has 1 aromatic carbocycles. The zero-order valence-electron chi connectivity index (χ0n) is 16.5. The molecule has 0 amide bonds. The van der Waals surface area contributed by atoms with Gasteiger partial charge in [-0.3, -0.25) is 9.79 Å². The van der Waals surface area contributed by atoms with E-state index >= 15 is 0 Å². The molecular formula is C19H26F3N3O3. The number of aliphatic imine (C=N–C) groups is 1. The first kappa shape index (κ1) is 22.0. The SMILES string of the molecule is CN=C(NCC(=O)OC(C)(C)C)N1CCOC(c2cccc(C(F)(F)F)c2)C1. The van der Waals surface area contributed by atoms with Gasteiger partial charge in [-0.1, -0.05) is 12.1 Å². The lowest BCUT2D eigenvalue weighted by Crippen LogP contribution is -2.49. The topological polar surface area (TPSA) is 63.2 Å². The minimum atomic E-state index is -4.41. The summed E-state index contributed by atoms with van der Waals surface area (Å²) >= 11 is 0. The van der Waals surface area contributed by atoms with Crippen molar-refractivity contribution in [3.63, 3.8) is 0 Å². The number of nitrogens with zero attached hydrogens (tertiary/aromatic N) is 2. The lowest BCUT2D eigenvalue weighted by Gasteiger charge is -2.35. The predicted octanol–water partition coefficient (Wildman–Crippen LogP) is 3.00. The van der Waals surface area contributed by atoms with Crippen LogP contribution in [0.4, 0.5) is 13.2 Å². The monoisotopic (exact) mass is 401 g/mol. The van der Waals surface area contributed by atoms with Gasteiger partial charge >= 0.3 is 12.1 Å². The quantitative estimate of drug-likeness (QED) is 0.479. The van der Waals surface area contributed by atoms with E-state index in [0.717, 1.165) is 12.1 Å². The number of hydrogen-bond donors (Lipinski definition) is 1. The van der Waals surface area contributed by atoms with Gasteiger partial charge in [0.2, 0.25) is 0 Å². The Hall–Kier alpha value is -2.29. The van der Waals surface area contributed by atoms with Gasteiger partial charge in [0.1, 0.15) is 18.2 Å². The van der Waals surface area contributed by atoms with E-state index in [1.165, 1.54) is 6.07 Å². The number of esters is 1. The molecule has 1 atom stereocenters. The van der Waals surface area contributed by atoms with E-state index in [2.05, 4.69) is 10.3 Å². The maximum atomic E-state index is 13.0. The van der Waals surface area contributed by atoms with E-state index in [4.69, 9.17) is 9.47 Å². The van der Waals surface area contributed by atoms with Gasteiger partial charge in [0.15, 0.2) is 5.96 Å². The molecule has 1 fully saturated rings. The minimum Gasteiger partial charge on any atom is -0.459 e. The predicted molar refractivity (Wildman–Crippen MR) is 98.9 cm³/mol. The van der Waals surface area contributed by atoms with Gasteiger partial charge in [-0.25, -0.2) is 0 Å². The van der Waals surface area contributed by atoms with E-state index in [1.807, 2.05) is 4.90 Å². The Morgan fingerprint density at radius 1 is 1.36 bits per heavy atom. The van der Waals surface area contributed by atoms with Crippen LogP contribution in [0, 0.1) is 0 Å². The van der Waals surface area contributed by atoms with E-state index in [1.54, 1.807) is 33.9 Å². The Morgan fingerprint density at radius 2 is 2.07 bits per heavy atom. The number of carbonyl (C=O) groups is 1. The largest absolute Gasteiger partial charge is 0.459 e. The summed E-state index contributed by atoms with van der Waals surface area (Å²) in [6.45, 7) is 6.42. The number of alkyl halides is 3. The molecule has 9 heteroatoms. The number of hydrogen-bond acceptors (Lipinski definition) is 4. The Kier molecular flexibility index (Phi) is 6.92. The van der Waals surface area contributed by atoms with Gasteiger partial charge in [0, 0.05) is 13.6 Å². The highest BCUT2D eigenvalue weighted by molar-refractivity contribution is 5.84. The van der Waals surface area contributed by atoms with Crippen LogP contribution in [0.25, 0.3) is 0 Å². The standard InChI is InChI=1S/C19H26F3N3O3/c1-18(2,3)28-16(26)11-24-17(23-4)25-8-9-27-15(12-25)13-6-5-7-14(10-13)19(20,21)22/h5-7,10,15H,8-9,11-12H2,1-4H3,(H,23,24). The van der Waals surface area contributed by atoms with Crippen molar-refractivity contribution in [1.29, 1.82) is 0 Å². The molecule has 1 N–H and O–H groups in total. The second kappa shape index (κ2) is 8.81. The molecule has 0 saturated carbocycles. The van der Waals surface area contributed by atoms with Crippen molar-refractivity contribution in [2.24, 2.45) is 4.99 Å². The van der Waals surface area contributed by atoms with E-state index in [9.17, 15) is 18.0 Å². The maximum absolute atomic E-state index is 13.0. The van der Waals surface area contributed by atoms with Crippen LogP contribution >= 0.6 is 0 Å². The molecule has 1 aliphatic heterocycles.